The molecule has 0 N–H and O–H groups in total. The molecule has 0 saturated heterocycles. The van der Waals surface area contributed by atoms with Crippen molar-refractivity contribution in [2.24, 2.45) is 0 Å². The minimum Gasteiger partial charge on any atom is -0.310 e. The largest absolute Gasteiger partial charge is 0.310 e. The molecule has 0 fully saturated rings. The molecule has 11 aromatic rings. The van der Waals surface area contributed by atoms with Crippen LogP contribution in [0.5, 0.6) is 0 Å². The molecule has 3 heteroatoms. The first kappa shape index (κ1) is 31.6. The molecule has 2 heterocycles. The number of anilines is 3. The number of aromatic nitrogens is 1. The zero-order valence-corrected chi connectivity index (χ0v) is 30.7. The van der Waals surface area contributed by atoms with E-state index in [9.17, 15) is 0 Å². The molecule has 0 aliphatic carbocycles. The second kappa shape index (κ2) is 12.9. The Morgan fingerprint density at radius 2 is 0.927 bits per heavy atom. The Morgan fingerprint density at radius 1 is 0.364 bits per heavy atom. The van der Waals surface area contributed by atoms with Crippen LogP contribution in [0.25, 0.3) is 80.7 Å². The fraction of sp³-hybridized carbons (Fsp3) is 0. The van der Waals surface area contributed by atoms with Crippen molar-refractivity contribution < 1.29 is 0 Å². The van der Waals surface area contributed by atoms with Crippen molar-refractivity contribution in [1.29, 1.82) is 0 Å². The van der Waals surface area contributed by atoms with E-state index >= 15 is 0 Å². The van der Waals surface area contributed by atoms with Gasteiger partial charge in [0.1, 0.15) is 0 Å². The van der Waals surface area contributed by atoms with Crippen molar-refractivity contribution in [3.05, 3.63) is 206 Å². The van der Waals surface area contributed by atoms with Gasteiger partial charge in [-0.25, -0.2) is 0 Å². The number of benzene rings is 9. The number of thiophene rings is 1. The smallest absolute Gasteiger partial charge is 0.0542 e. The normalized spacial score (nSPS) is 11.6. The maximum Gasteiger partial charge on any atom is 0.0542 e. The Balaban J connectivity index is 1.09. The Morgan fingerprint density at radius 3 is 1.69 bits per heavy atom. The number of para-hydroxylation sites is 2. The average Bonchev–Trinajstić information content (AvgIpc) is 3.79. The van der Waals surface area contributed by atoms with Gasteiger partial charge in [-0.05, 0) is 100 Å². The van der Waals surface area contributed by atoms with Crippen LogP contribution in [0.3, 0.4) is 0 Å². The Labute approximate surface area is 323 Å². The van der Waals surface area contributed by atoms with Gasteiger partial charge in [0.05, 0.1) is 11.0 Å². The van der Waals surface area contributed by atoms with Crippen molar-refractivity contribution in [3.63, 3.8) is 0 Å². The van der Waals surface area contributed by atoms with Gasteiger partial charge in [0.25, 0.3) is 0 Å². The molecule has 0 radical (unpaired) electrons. The first-order valence-corrected chi connectivity index (χ1v) is 19.6. The summed E-state index contributed by atoms with van der Waals surface area (Å²) in [5.74, 6) is 0. The maximum atomic E-state index is 2.39. The molecule has 2 aromatic heterocycles. The number of nitrogens with zero attached hydrogens (tertiary/aromatic N) is 2. The third-order valence-electron chi connectivity index (χ3n) is 11.0. The summed E-state index contributed by atoms with van der Waals surface area (Å²) >= 11 is 1.89. The molecular formula is C52H34N2S. The highest BCUT2D eigenvalue weighted by atomic mass is 32.1. The van der Waals surface area contributed by atoms with E-state index in [0.29, 0.717) is 0 Å². The molecule has 0 saturated carbocycles. The standard InChI is InChI=1S/C52H34N2S/c1-3-13-35(14-4-1)36-23-27-40(28-24-36)53(42-31-32-49-46(34-42)44-19-9-11-21-48(44)54(49)39-16-5-2-6-17-39)41-29-25-37(26-30-41)51-43-18-8-7-15-38(43)33-47-45-20-10-12-22-50(45)55-52(47)51/h1-34H. The molecule has 11 rings (SSSR count). The summed E-state index contributed by atoms with van der Waals surface area (Å²) in [6.45, 7) is 0. The van der Waals surface area contributed by atoms with Crippen LogP contribution in [-0.4, -0.2) is 4.57 Å². The predicted molar refractivity (Wildman–Crippen MR) is 237 cm³/mol. The van der Waals surface area contributed by atoms with Gasteiger partial charge in [0.15, 0.2) is 0 Å². The third kappa shape index (κ3) is 5.24. The lowest BCUT2D eigenvalue weighted by molar-refractivity contribution is 1.18. The Bertz CT molecular complexity index is 3180. The van der Waals surface area contributed by atoms with Gasteiger partial charge in [-0.2, -0.15) is 0 Å². The van der Waals surface area contributed by atoms with Gasteiger partial charge in [-0.3, -0.25) is 0 Å². The highest BCUT2D eigenvalue weighted by Crippen LogP contribution is 2.46. The van der Waals surface area contributed by atoms with Gasteiger partial charge in [-0.15, -0.1) is 11.3 Å². The topological polar surface area (TPSA) is 8.17 Å². The fourth-order valence-corrected chi connectivity index (χ4v) is 9.69. The molecule has 0 unspecified atom stereocenters. The van der Waals surface area contributed by atoms with E-state index in [4.69, 9.17) is 0 Å². The molecule has 0 atom stereocenters. The van der Waals surface area contributed by atoms with Crippen molar-refractivity contribution >= 4 is 81.1 Å². The highest BCUT2D eigenvalue weighted by molar-refractivity contribution is 7.26. The summed E-state index contributed by atoms with van der Waals surface area (Å²) < 4.78 is 5.03. The summed E-state index contributed by atoms with van der Waals surface area (Å²) in [6, 6.07) is 75.1. The SMILES string of the molecule is c1ccc(-c2ccc(N(c3ccc(-c4c5ccccc5cc5c4sc4ccccc45)cc3)c3ccc4c(c3)c3ccccc3n4-c3ccccc3)cc2)cc1. The summed E-state index contributed by atoms with van der Waals surface area (Å²) in [4.78, 5) is 2.39. The number of hydrogen-bond donors (Lipinski definition) is 0. The predicted octanol–water partition coefficient (Wildman–Crippen LogP) is 15.1. The van der Waals surface area contributed by atoms with Crippen LogP contribution < -0.4 is 4.90 Å². The molecule has 55 heavy (non-hydrogen) atoms. The molecule has 2 nitrogen and oxygen atoms in total. The molecule has 9 aromatic carbocycles. The van der Waals surface area contributed by atoms with Crippen LogP contribution in [0.1, 0.15) is 0 Å². The van der Waals surface area contributed by atoms with E-state index in [1.165, 1.54) is 75.0 Å². The molecule has 258 valence electrons. The average molecular weight is 719 g/mol. The van der Waals surface area contributed by atoms with E-state index in [-0.39, 0.29) is 0 Å². The highest BCUT2D eigenvalue weighted by Gasteiger charge is 2.19. The fourth-order valence-electron chi connectivity index (χ4n) is 8.42. The third-order valence-corrected chi connectivity index (χ3v) is 12.2. The van der Waals surface area contributed by atoms with Gasteiger partial charge >= 0.3 is 0 Å². The first-order valence-electron chi connectivity index (χ1n) is 18.8. The quantitative estimate of drug-likeness (QED) is 0.166. The lowest BCUT2D eigenvalue weighted by Gasteiger charge is -2.26. The summed E-state index contributed by atoms with van der Waals surface area (Å²) in [6.07, 6.45) is 0. The minimum atomic E-state index is 1.11. The van der Waals surface area contributed by atoms with Gasteiger partial charge in [0.2, 0.25) is 0 Å². The molecule has 0 spiro atoms. The summed E-state index contributed by atoms with van der Waals surface area (Å²) in [5.41, 5.74) is 11.8. The van der Waals surface area contributed by atoms with E-state index in [1.54, 1.807) is 0 Å². The lowest BCUT2D eigenvalue weighted by atomic mass is 9.95. The number of fused-ring (bicyclic) bond motifs is 7. The van der Waals surface area contributed by atoms with Crippen molar-refractivity contribution in [1.82, 2.24) is 4.57 Å². The van der Waals surface area contributed by atoms with E-state index in [0.717, 1.165) is 22.7 Å². The summed E-state index contributed by atoms with van der Waals surface area (Å²) in [5, 5.41) is 7.65. The Hall–Kier alpha value is -6.94. The Kier molecular flexibility index (Phi) is 7.39. The first-order chi connectivity index (χ1) is 27.3. The van der Waals surface area contributed by atoms with Crippen LogP contribution in [0.4, 0.5) is 17.1 Å². The molecule has 0 amide bonds. The molecule has 0 bridgehead atoms. The number of rotatable bonds is 6. The second-order valence-corrected chi connectivity index (χ2v) is 15.2. The second-order valence-electron chi connectivity index (χ2n) is 14.1. The van der Waals surface area contributed by atoms with Crippen molar-refractivity contribution in [3.8, 4) is 27.9 Å². The van der Waals surface area contributed by atoms with Gasteiger partial charge < -0.3 is 9.47 Å². The van der Waals surface area contributed by atoms with Gasteiger partial charge in [0, 0.05) is 59.3 Å². The van der Waals surface area contributed by atoms with Crippen LogP contribution >= 0.6 is 11.3 Å². The van der Waals surface area contributed by atoms with Crippen molar-refractivity contribution in [2.75, 3.05) is 4.90 Å². The number of hydrogen-bond acceptors (Lipinski definition) is 2. The molecule has 0 aliphatic heterocycles. The van der Waals surface area contributed by atoms with Crippen LogP contribution in [0.15, 0.2) is 206 Å². The molecular weight excluding hydrogens is 685 g/mol. The van der Waals surface area contributed by atoms with Crippen molar-refractivity contribution in [2.45, 2.75) is 0 Å². The van der Waals surface area contributed by atoms with E-state index in [2.05, 4.69) is 216 Å². The lowest BCUT2D eigenvalue weighted by Crippen LogP contribution is -2.10. The van der Waals surface area contributed by atoms with Gasteiger partial charge in [-0.1, -0.05) is 133 Å². The summed E-state index contributed by atoms with van der Waals surface area (Å²) in [7, 11) is 0. The minimum absolute atomic E-state index is 1.11. The maximum absolute atomic E-state index is 2.39. The van der Waals surface area contributed by atoms with Crippen LogP contribution in [0, 0.1) is 0 Å². The van der Waals surface area contributed by atoms with E-state index in [1.807, 2.05) is 11.3 Å². The monoisotopic (exact) mass is 718 g/mol. The molecule has 0 aliphatic rings. The van der Waals surface area contributed by atoms with E-state index < -0.39 is 0 Å². The zero-order chi connectivity index (χ0) is 36.3. The zero-order valence-electron chi connectivity index (χ0n) is 29.9. The van der Waals surface area contributed by atoms with Crippen LogP contribution in [0.2, 0.25) is 0 Å². The van der Waals surface area contributed by atoms with Crippen LogP contribution in [-0.2, 0) is 0 Å².